The van der Waals surface area contributed by atoms with Crippen LogP contribution in [-0.2, 0) is 15.6 Å². The van der Waals surface area contributed by atoms with E-state index in [9.17, 15) is 8.42 Å². The van der Waals surface area contributed by atoms with Crippen LogP contribution >= 0.6 is 0 Å². The maximum atomic E-state index is 11.1. The first-order valence-electron chi connectivity index (χ1n) is 4.31. The van der Waals surface area contributed by atoms with Gasteiger partial charge >= 0.3 is 0 Å². The summed E-state index contributed by atoms with van der Waals surface area (Å²) in [6.45, 7) is 0. The second kappa shape index (κ2) is 3.58. The monoisotopic (exact) mass is 221 g/mol. The van der Waals surface area contributed by atoms with Crippen molar-refractivity contribution in [1.82, 2.24) is 10.2 Å². The molecule has 0 aliphatic carbocycles. The minimum atomic E-state index is -3.32. The van der Waals surface area contributed by atoms with Gasteiger partial charge in [0.2, 0.25) is 0 Å². The Labute approximate surface area is 87.9 Å². The summed E-state index contributed by atoms with van der Waals surface area (Å²) in [5.41, 5.74) is 0.447. The van der Waals surface area contributed by atoms with Crippen molar-refractivity contribution in [2.45, 2.75) is 5.75 Å². The molecule has 0 atom stereocenters. The van der Waals surface area contributed by atoms with Crippen LogP contribution in [0.1, 0.15) is 5.69 Å². The third-order valence-electron chi connectivity index (χ3n) is 2.00. The van der Waals surface area contributed by atoms with Gasteiger partial charge < -0.3 is 0 Å². The second-order valence-electron chi connectivity index (χ2n) is 3.27. The van der Waals surface area contributed by atoms with Crippen LogP contribution in [0.5, 0.6) is 0 Å². The normalized spacial score (nSPS) is 11.8. The Morgan fingerprint density at radius 1 is 1.27 bits per heavy atom. The van der Waals surface area contributed by atoms with E-state index in [0.717, 1.165) is 10.8 Å². The fourth-order valence-corrected chi connectivity index (χ4v) is 2.03. The number of fused-ring (bicyclic) bond motifs is 1. The number of nitrogens with zero attached hydrogens (tertiary/aromatic N) is 2. The highest BCUT2D eigenvalue weighted by Crippen LogP contribution is 2.16. The zero-order valence-corrected chi connectivity index (χ0v) is 8.74. The fraction of sp³-hybridized carbons (Fsp3) is 0.100. The van der Waals surface area contributed by atoms with E-state index in [4.69, 9.17) is 0 Å². The first kappa shape index (κ1) is 10.0. The van der Waals surface area contributed by atoms with E-state index in [2.05, 4.69) is 16.5 Å². The van der Waals surface area contributed by atoms with E-state index in [-0.39, 0.29) is 5.75 Å². The zero-order valence-electron chi connectivity index (χ0n) is 7.92. The largest absolute Gasteiger partial charge is 0.228 e. The van der Waals surface area contributed by atoms with Crippen molar-refractivity contribution < 1.29 is 8.42 Å². The van der Waals surface area contributed by atoms with Crippen molar-refractivity contribution >= 4 is 20.6 Å². The lowest BCUT2D eigenvalue weighted by atomic mass is 10.1. The Kier molecular flexibility index (Phi) is 2.40. The molecule has 2 rings (SSSR count). The number of hydrogen-bond acceptors (Lipinski definition) is 4. The number of sulfone groups is 1. The van der Waals surface area contributed by atoms with E-state index in [1.165, 1.54) is 0 Å². The van der Waals surface area contributed by atoms with Gasteiger partial charge in [-0.05, 0) is 0 Å². The lowest BCUT2D eigenvalue weighted by Crippen LogP contribution is -2.02. The van der Waals surface area contributed by atoms with Crippen molar-refractivity contribution in [2.75, 3.05) is 0 Å². The number of hydrogen-bond donors (Lipinski definition) is 0. The van der Waals surface area contributed by atoms with Gasteiger partial charge in [-0.25, -0.2) is 8.42 Å². The predicted octanol–water partition coefficient (Wildman–Crippen LogP) is 1.34. The van der Waals surface area contributed by atoms with Gasteiger partial charge in [-0.1, -0.05) is 24.3 Å². The van der Waals surface area contributed by atoms with Gasteiger partial charge in [0, 0.05) is 10.8 Å². The molecule has 2 aromatic rings. The predicted molar refractivity (Wildman–Crippen MR) is 57.5 cm³/mol. The van der Waals surface area contributed by atoms with Crippen molar-refractivity contribution in [3.63, 3.8) is 0 Å². The van der Waals surface area contributed by atoms with Gasteiger partial charge in [-0.3, -0.25) is 0 Å². The van der Waals surface area contributed by atoms with Crippen LogP contribution in [-0.4, -0.2) is 18.6 Å². The van der Waals surface area contributed by atoms with Crippen LogP contribution in [0.4, 0.5) is 0 Å². The summed E-state index contributed by atoms with van der Waals surface area (Å²) in [5.74, 6) is -0.179. The molecule has 4 nitrogen and oxygen atoms in total. The quantitative estimate of drug-likeness (QED) is 0.767. The molecular formula is C10H9N2O2S. The average molecular weight is 221 g/mol. The van der Waals surface area contributed by atoms with Gasteiger partial charge in [0.15, 0.2) is 9.84 Å². The SMILES string of the molecule is [CH2]S(=O)(=O)Cc1nncc2ccccc12. The molecule has 0 saturated carbocycles. The summed E-state index contributed by atoms with van der Waals surface area (Å²) in [6, 6.07) is 7.39. The maximum Gasteiger partial charge on any atom is 0.157 e. The van der Waals surface area contributed by atoms with Gasteiger partial charge in [0.1, 0.15) is 0 Å². The minimum absolute atomic E-state index is 0.179. The van der Waals surface area contributed by atoms with Crippen LogP contribution < -0.4 is 0 Å². The van der Waals surface area contributed by atoms with E-state index in [0.29, 0.717) is 5.69 Å². The Morgan fingerprint density at radius 3 is 2.73 bits per heavy atom. The van der Waals surface area contributed by atoms with E-state index in [1.54, 1.807) is 6.20 Å². The molecule has 0 aliphatic rings. The summed E-state index contributed by atoms with van der Waals surface area (Å²) in [7, 11) is -3.32. The van der Waals surface area contributed by atoms with Crippen molar-refractivity contribution in [1.29, 1.82) is 0 Å². The molecule has 15 heavy (non-hydrogen) atoms. The molecule has 1 heterocycles. The molecule has 77 valence electrons. The second-order valence-corrected chi connectivity index (χ2v) is 5.04. The van der Waals surface area contributed by atoms with E-state index in [1.807, 2.05) is 24.3 Å². The summed E-state index contributed by atoms with van der Waals surface area (Å²) >= 11 is 0. The van der Waals surface area contributed by atoms with Crippen LogP contribution in [0, 0.1) is 6.26 Å². The molecule has 0 spiro atoms. The van der Waals surface area contributed by atoms with Crippen molar-refractivity contribution in [3.05, 3.63) is 42.4 Å². The first-order valence-corrected chi connectivity index (χ1v) is 6.13. The smallest absolute Gasteiger partial charge is 0.157 e. The van der Waals surface area contributed by atoms with Crippen LogP contribution in [0.25, 0.3) is 10.8 Å². The van der Waals surface area contributed by atoms with E-state index < -0.39 is 9.84 Å². The summed E-state index contributed by atoms with van der Waals surface area (Å²) < 4.78 is 22.1. The third-order valence-corrected chi connectivity index (χ3v) is 2.72. The Balaban J connectivity index is 2.61. The maximum absolute atomic E-state index is 11.1. The van der Waals surface area contributed by atoms with Gasteiger partial charge in [-0.15, -0.1) is 0 Å². The molecule has 1 radical (unpaired) electrons. The average Bonchev–Trinajstić information content (AvgIpc) is 2.16. The highest BCUT2D eigenvalue weighted by molar-refractivity contribution is 7.91. The molecule has 0 aliphatic heterocycles. The van der Waals surface area contributed by atoms with Crippen molar-refractivity contribution in [3.8, 4) is 0 Å². The summed E-state index contributed by atoms with van der Waals surface area (Å²) in [5, 5.41) is 9.26. The fourth-order valence-electron chi connectivity index (χ4n) is 1.40. The van der Waals surface area contributed by atoms with Crippen LogP contribution in [0.3, 0.4) is 0 Å². The molecular weight excluding hydrogens is 212 g/mol. The molecule has 0 saturated heterocycles. The van der Waals surface area contributed by atoms with Crippen LogP contribution in [0.2, 0.25) is 0 Å². The highest BCUT2D eigenvalue weighted by Gasteiger charge is 2.09. The van der Waals surface area contributed by atoms with E-state index >= 15 is 0 Å². The summed E-state index contributed by atoms with van der Waals surface area (Å²) in [6.07, 6.45) is 4.68. The lowest BCUT2D eigenvalue weighted by molar-refractivity contribution is 0.603. The molecule has 0 amide bonds. The standard InChI is InChI=1S/C10H9N2O2S/c1-15(13,14)7-10-9-5-3-2-4-8(9)6-11-12-10/h2-6H,1,7H2. The van der Waals surface area contributed by atoms with Gasteiger partial charge in [0.25, 0.3) is 0 Å². The number of rotatable bonds is 2. The lowest BCUT2D eigenvalue weighted by Gasteiger charge is -2.02. The third kappa shape index (κ3) is 2.30. The topological polar surface area (TPSA) is 59.9 Å². The Morgan fingerprint density at radius 2 is 2.00 bits per heavy atom. The molecule has 0 N–H and O–H groups in total. The highest BCUT2D eigenvalue weighted by atomic mass is 32.2. The van der Waals surface area contributed by atoms with Gasteiger partial charge in [-0.2, -0.15) is 10.2 Å². The number of benzene rings is 1. The Bertz CT molecular complexity index is 588. The van der Waals surface area contributed by atoms with Crippen molar-refractivity contribution in [2.24, 2.45) is 0 Å². The molecule has 1 aromatic heterocycles. The van der Waals surface area contributed by atoms with Crippen LogP contribution in [0.15, 0.2) is 30.5 Å². The minimum Gasteiger partial charge on any atom is -0.228 e. The molecule has 1 aromatic carbocycles. The molecule has 0 unspecified atom stereocenters. The summed E-state index contributed by atoms with van der Waals surface area (Å²) in [4.78, 5) is 0. The van der Waals surface area contributed by atoms with Gasteiger partial charge in [0.05, 0.1) is 23.9 Å². The zero-order chi connectivity index (χ0) is 10.9. The molecule has 0 fully saturated rings. The Hall–Kier alpha value is -1.49. The first-order chi connectivity index (χ1) is 7.06. The molecule has 5 heteroatoms. The number of aromatic nitrogens is 2. The molecule has 0 bridgehead atoms.